The van der Waals surface area contributed by atoms with Crippen molar-refractivity contribution in [2.45, 2.75) is 89.2 Å². The topological polar surface area (TPSA) is 0 Å². The molecule has 0 nitrogen and oxygen atoms in total. The van der Waals surface area contributed by atoms with Crippen LogP contribution >= 0.6 is 12.6 Å². The van der Waals surface area contributed by atoms with Crippen molar-refractivity contribution in [1.82, 2.24) is 0 Å². The van der Waals surface area contributed by atoms with Gasteiger partial charge in [-0.05, 0) is 25.2 Å². The zero-order valence-corrected chi connectivity index (χ0v) is 12.0. The van der Waals surface area contributed by atoms with Crippen LogP contribution in [0.3, 0.4) is 0 Å². The molecule has 0 amide bonds. The molecule has 2 atom stereocenters. The monoisotopic (exact) mass is 242 g/mol. The van der Waals surface area contributed by atoms with E-state index in [2.05, 4.69) is 19.6 Å². The predicted molar refractivity (Wildman–Crippen MR) is 77.3 cm³/mol. The van der Waals surface area contributed by atoms with Crippen LogP contribution in [-0.4, -0.2) is 5.25 Å². The van der Waals surface area contributed by atoms with E-state index in [0.717, 1.165) is 11.2 Å². The first kappa shape index (κ1) is 14.4. The second kappa shape index (κ2) is 9.39. The average Bonchev–Trinajstić information content (AvgIpc) is 2.68. The van der Waals surface area contributed by atoms with Gasteiger partial charge in [-0.1, -0.05) is 64.7 Å². The van der Waals surface area contributed by atoms with Gasteiger partial charge in [0, 0.05) is 5.25 Å². The number of thiol groups is 1. The lowest BCUT2D eigenvalue weighted by Crippen LogP contribution is -1.95. The smallest absolute Gasteiger partial charge is 0.00195 e. The highest BCUT2D eigenvalue weighted by atomic mass is 32.1. The van der Waals surface area contributed by atoms with Crippen LogP contribution in [0.25, 0.3) is 0 Å². The van der Waals surface area contributed by atoms with Gasteiger partial charge in [-0.15, -0.1) is 0 Å². The van der Waals surface area contributed by atoms with E-state index in [-0.39, 0.29) is 0 Å². The Balaban J connectivity index is 1.78. The Morgan fingerprint density at radius 2 is 1.50 bits per heavy atom. The zero-order valence-electron chi connectivity index (χ0n) is 11.1. The first-order chi connectivity index (χ1) is 7.83. The minimum atomic E-state index is 0.721. The van der Waals surface area contributed by atoms with Crippen LogP contribution in [-0.2, 0) is 0 Å². The predicted octanol–water partition coefficient (Wildman–Crippen LogP) is 5.62. The maximum Gasteiger partial charge on any atom is 0.00195 e. The molecule has 16 heavy (non-hydrogen) atoms. The van der Waals surface area contributed by atoms with Crippen LogP contribution in [0.15, 0.2) is 0 Å². The van der Waals surface area contributed by atoms with E-state index < -0.39 is 0 Å². The van der Waals surface area contributed by atoms with Crippen molar-refractivity contribution in [3.63, 3.8) is 0 Å². The van der Waals surface area contributed by atoms with Crippen LogP contribution in [0.1, 0.15) is 84.0 Å². The number of hydrogen-bond acceptors (Lipinski definition) is 1. The molecule has 1 saturated carbocycles. The van der Waals surface area contributed by atoms with Gasteiger partial charge in [0.05, 0.1) is 0 Å². The highest BCUT2D eigenvalue weighted by Gasteiger charge is 2.20. The quantitative estimate of drug-likeness (QED) is 0.394. The van der Waals surface area contributed by atoms with Gasteiger partial charge in [-0.25, -0.2) is 0 Å². The van der Waals surface area contributed by atoms with Crippen molar-refractivity contribution < 1.29 is 0 Å². The second-order valence-corrected chi connectivity index (χ2v) is 6.33. The van der Waals surface area contributed by atoms with Gasteiger partial charge in [0.15, 0.2) is 0 Å². The molecule has 0 saturated heterocycles. The highest BCUT2D eigenvalue weighted by Crippen LogP contribution is 2.32. The van der Waals surface area contributed by atoms with Crippen molar-refractivity contribution in [2.24, 2.45) is 5.92 Å². The van der Waals surface area contributed by atoms with Crippen molar-refractivity contribution in [2.75, 3.05) is 0 Å². The van der Waals surface area contributed by atoms with Crippen LogP contribution in [0, 0.1) is 5.92 Å². The molecule has 0 aliphatic heterocycles. The summed E-state index contributed by atoms with van der Waals surface area (Å²) in [6.45, 7) is 2.29. The molecule has 0 heterocycles. The van der Waals surface area contributed by atoms with Crippen molar-refractivity contribution in [3.8, 4) is 0 Å². The average molecular weight is 242 g/mol. The first-order valence-electron chi connectivity index (χ1n) is 7.51. The third-order valence-electron chi connectivity index (χ3n) is 3.98. The van der Waals surface area contributed by atoms with Gasteiger partial charge in [0.25, 0.3) is 0 Å². The molecule has 0 radical (unpaired) electrons. The molecule has 0 spiro atoms. The van der Waals surface area contributed by atoms with E-state index in [1.807, 2.05) is 0 Å². The number of hydrogen-bond donors (Lipinski definition) is 1. The molecule has 1 heteroatoms. The van der Waals surface area contributed by atoms with E-state index in [4.69, 9.17) is 0 Å². The number of rotatable bonds is 9. The molecule has 2 unspecified atom stereocenters. The summed E-state index contributed by atoms with van der Waals surface area (Å²) in [5, 5.41) is 0.721. The summed E-state index contributed by atoms with van der Waals surface area (Å²) in [7, 11) is 0. The van der Waals surface area contributed by atoms with Crippen LogP contribution < -0.4 is 0 Å². The van der Waals surface area contributed by atoms with Crippen LogP contribution in [0.5, 0.6) is 0 Å². The Morgan fingerprint density at radius 3 is 2.06 bits per heavy atom. The zero-order chi connectivity index (χ0) is 11.6. The van der Waals surface area contributed by atoms with E-state index in [0.29, 0.717) is 0 Å². The third-order valence-corrected chi connectivity index (χ3v) is 4.45. The molecular formula is C15H30S. The van der Waals surface area contributed by atoms with Crippen LogP contribution in [0.4, 0.5) is 0 Å². The fraction of sp³-hybridized carbons (Fsp3) is 1.00. The van der Waals surface area contributed by atoms with E-state index in [1.54, 1.807) is 0 Å². The fourth-order valence-corrected chi connectivity index (χ4v) is 3.32. The highest BCUT2D eigenvalue weighted by molar-refractivity contribution is 7.80. The first-order valence-corrected chi connectivity index (χ1v) is 8.02. The van der Waals surface area contributed by atoms with Gasteiger partial charge >= 0.3 is 0 Å². The normalized spacial score (nSPS) is 25.1. The van der Waals surface area contributed by atoms with Crippen molar-refractivity contribution in [1.29, 1.82) is 0 Å². The molecule has 0 bridgehead atoms. The Hall–Kier alpha value is 0.350. The summed E-state index contributed by atoms with van der Waals surface area (Å²) in [4.78, 5) is 0. The molecule has 1 aliphatic carbocycles. The van der Waals surface area contributed by atoms with Gasteiger partial charge in [-0.2, -0.15) is 12.6 Å². The lowest BCUT2D eigenvalue weighted by atomic mass is 9.99. The molecule has 0 aromatic rings. The van der Waals surface area contributed by atoms with Crippen LogP contribution in [0.2, 0.25) is 0 Å². The SMILES string of the molecule is CCCCCCCCCCC1CCC(S)C1. The van der Waals surface area contributed by atoms with E-state index in [1.165, 1.54) is 77.0 Å². The summed E-state index contributed by atoms with van der Waals surface area (Å²) in [6.07, 6.45) is 17.3. The molecular weight excluding hydrogens is 212 g/mol. The second-order valence-electron chi connectivity index (χ2n) is 5.60. The van der Waals surface area contributed by atoms with Gasteiger partial charge in [0.2, 0.25) is 0 Å². The fourth-order valence-electron chi connectivity index (χ4n) is 2.88. The van der Waals surface area contributed by atoms with Crippen molar-refractivity contribution >= 4 is 12.6 Å². The molecule has 96 valence electrons. The maximum absolute atomic E-state index is 4.56. The lowest BCUT2D eigenvalue weighted by molar-refractivity contribution is 0.461. The standard InChI is InChI=1S/C15H30S/c1-2-3-4-5-6-7-8-9-10-14-11-12-15(16)13-14/h14-16H,2-13H2,1H3. The van der Waals surface area contributed by atoms with Gasteiger partial charge < -0.3 is 0 Å². The van der Waals surface area contributed by atoms with E-state index >= 15 is 0 Å². The molecule has 0 aromatic carbocycles. The van der Waals surface area contributed by atoms with E-state index in [9.17, 15) is 0 Å². The summed E-state index contributed by atoms with van der Waals surface area (Å²) in [6, 6.07) is 0. The number of unbranched alkanes of at least 4 members (excludes halogenated alkanes) is 7. The Morgan fingerprint density at radius 1 is 0.875 bits per heavy atom. The lowest BCUT2D eigenvalue weighted by Gasteiger charge is -2.08. The molecule has 1 aliphatic rings. The van der Waals surface area contributed by atoms with Gasteiger partial charge in [-0.3, -0.25) is 0 Å². The molecule has 1 rings (SSSR count). The Bertz CT molecular complexity index is 156. The summed E-state index contributed by atoms with van der Waals surface area (Å²) >= 11 is 4.56. The van der Waals surface area contributed by atoms with Crippen molar-refractivity contribution in [3.05, 3.63) is 0 Å². The minimum absolute atomic E-state index is 0.721. The molecule has 0 N–H and O–H groups in total. The Kier molecular flexibility index (Phi) is 8.46. The summed E-state index contributed by atoms with van der Waals surface area (Å²) in [5.74, 6) is 1.02. The summed E-state index contributed by atoms with van der Waals surface area (Å²) in [5.41, 5.74) is 0. The summed E-state index contributed by atoms with van der Waals surface area (Å²) < 4.78 is 0. The largest absolute Gasteiger partial charge is 0.176 e. The Labute approximate surface area is 108 Å². The minimum Gasteiger partial charge on any atom is -0.176 e. The molecule has 1 fully saturated rings. The molecule has 0 aromatic heterocycles. The maximum atomic E-state index is 4.56. The van der Waals surface area contributed by atoms with Gasteiger partial charge in [0.1, 0.15) is 0 Å². The third kappa shape index (κ3) is 6.83.